The summed E-state index contributed by atoms with van der Waals surface area (Å²) in [7, 11) is 1.96. The molecular weight excluding hydrogens is 496 g/mol. The molecule has 3 heterocycles. The van der Waals surface area contributed by atoms with E-state index in [4.69, 9.17) is 15.6 Å². The maximum atomic E-state index is 14.0. The number of hydrogen-bond donors (Lipinski definition) is 3. The molecule has 0 radical (unpaired) electrons. The lowest BCUT2D eigenvalue weighted by molar-refractivity contribution is -0.192. The third-order valence-corrected chi connectivity index (χ3v) is 5.72. The van der Waals surface area contributed by atoms with Gasteiger partial charge in [0.1, 0.15) is 5.82 Å². The Morgan fingerprint density at radius 2 is 1.81 bits per heavy atom. The van der Waals surface area contributed by atoms with Gasteiger partial charge in [0.2, 0.25) is 0 Å². The summed E-state index contributed by atoms with van der Waals surface area (Å²) >= 11 is 0. The number of aryl methyl sites for hydroxylation is 2. The molecule has 4 N–H and O–H groups in total. The van der Waals surface area contributed by atoms with Crippen LogP contribution in [0.15, 0.2) is 59.7 Å². The zero-order valence-electron chi connectivity index (χ0n) is 19.5. The number of fused-ring (bicyclic) bond motifs is 2. The number of halogens is 4. The first-order chi connectivity index (χ1) is 17.5. The SMILES string of the molecule is Cn1cc(-c2n[nH]c(=O)n2-c2cn(CCCN)c3cc(F)ccc23)c2ccccc21.O=C(O)C(F)(F)F. The van der Waals surface area contributed by atoms with Gasteiger partial charge in [-0.05, 0) is 37.2 Å². The lowest BCUT2D eigenvalue weighted by Crippen LogP contribution is -2.21. The number of nitrogens with zero attached hydrogens (tertiary/aromatic N) is 4. The van der Waals surface area contributed by atoms with Crippen LogP contribution in [0.3, 0.4) is 0 Å². The van der Waals surface area contributed by atoms with Gasteiger partial charge in [0.05, 0.1) is 11.2 Å². The number of benzene rings is 2. The van der Waals surface area contributed by atoms with Crippen LogP contribution in [0.4, 0.5) is 17.6 Å². The molecule has 0 aliphatic carbocycles. The van der Waals surface area contributed by atoms with Crippen LogP contribution < -0.4 is 11.4 Å². The molecule has 0 atom stereocenters. The minimum absolute atomic E-state index is 0.324. The fraction of sp³-hybridized carbons (Fsp3) is 0.208. The number of alkyl halides is 3. The fourth-order valence-corrected chi connectivity index (χ4v) is 4.09. The molecule has 5 rings (SSSR count). The highest BCUT2D eigenvalue weighted by Gasteiger charge is 2.38. The number of hydrogen-bond acceptors (Lipinski definition) is 4. The van der Waals surface area contributed by atoms with Crippen molar-refractivity contribution < 1.29 is 27.5 Å². The summed E-state index contributed by atoms with van der Waals surface area (Å²) in [6.45, 7) is 1.16. The molecule has 0 aliphatic rings. The molecular formula is C24H22F4N6O3. The summed E-state index contributed by atoms with van der Waals surface area (Å²) in [4.78, 5) is 21.7. The number of carboxylic acids is 1. The zero-order valence-corrected chi connectivity index (χ0v) is 19.5. The highest BCUT2D eigenvalue weighted by atomic mass is 19.4. The number of aromatic amines is 1. The van der Waals surface area contributed by atoms with Crippen LogP contribution in [0.5, 0.6) is 0 Å². The van der Waals surface area contributed by atoms with Gasteiger partial charge in [-0.25, -0.2) is 23.6 Å². The number of aliphatic carboxylic acids is 1. The third-order valence-electron chi connectivity index (χ3n) is 5.72. The second-order valence-electron chi connectivity index (χ2n) is 8.17. The van der Waals surface area contributed by atoms with Crippen LogP contribution in [-0.2, 0) is 18.4 Å². The predicted octanol–water partition coefficient (Wildman–Crippen LogP) is 3.80. The molecule has 0 bridgehead atoms. The number of rotatable bonds is 5. The van der Waals surface area contributed by atoms with Crippen LogP contribution in [0.25, 0.3) is 38.9 Å². The first-order valence-electron chi connectivity index (χ1n) is 11.0. The van der Waals surface area contributed by atoms with Gasteiger partial charge in [0.15, 0.2) is 5.82 Å². The van der Waals surface area contributed by atoms with Crippen molar-refractivity contribution in [1.29, 1.82) is 0 Å². The molecule has 0 unspecified atom stereocenters. The summed E-state index contributed by atoms with van der Waals surface area (Å²) in [6, 6.07) is 12.6. The first kappa shape index (κ1) is 25.7. The molecule has 2 aromatic carbocycles. The quantitative estimate of drug-likeness (QED) is 0.306. The highest BCUT2D eigenvalue weighted by molar-refractivity contribution is 5.96. The summed E-state index contributed by atoms with van der Waals surface area (Å²) in [5.74, 6) is -2.57. The molecule has 0 saturated carbocycles. The maximum Gasteiger partial charge on any atom is 0.490 e. The van der Waals surface area contributed by atoms with Crippen molar-refractivity contribution in [2.45, 2.75) is 19.1 Å². The van der Waals surface area contributed by atoms with Crippen LogP contribution in [-0.4, -0.2) is 47.7 Å². The number of H-pyrrole nitrogens is 1. The fourth-order valence-electron chi connectivity index (χ4n) is 4.09. The van der Waals surface area contributed by atoms with Crippen LogP contribution >= 0.6 is 0 Å². The number of aromatic nitrogens is 5. The van der Waals surface area contributed by atoms with E-state index >= 15 is 0 Å². The Morgan fingerprint density at radius 3 is 2.49 bits per heavy atom. The molecule has 0 fully saturated rings. The number of para-hydroxylation sites is 1. The molecule has 5 aromatic rings. The van der Waals surface area contributed by atoms with Gasteiger partial charge < -0.3 is 20.0 Å². The Balaban J connectivity index is 0.000000405. The number of nitrogens with two attached hydrogens (primary N) is 1. The van der Waals surface area contributed by atoms with Crippen LogP contribution in [0, 0.1) is 5.82 Å². The Bertz CT molecular complexity index is 1640. The van der Waals surface area contributed by atoms with Crippen molar-refractivity contribution >= 4 is 27.8 Å². The average molecular weight is 518 g/mol. The smallest absolute Gasteiger partial charge is 0.475 e. The second-order valence-corrected chi connectivity index (χ2v) is 8.17. The zero-order chi connectivity index (χ0) is 26.9. The van der Waals surface area contributed by atoms with E-state index < -0.39 is 12.1 Å². The van der Waals surface area contributed by atoms with Crippen molar-refractivity contribution in [3.63, 3.8) is 0 Å². The van der Waals surface area contributed by atoms with E-state index in [-0.39, 0.29) is 11.5 Å². The lowest BCUT2D eigenvalue weighted by atomic mass is 10.1. The average Bonchev–Trinajstić information content (AvgIpc) is 3.50. The summed E-state index contributed by atoms with van der Waals surface area (Å²) in [6.07, 6.45) is -0.508. The van der Waals surface area contributed by atoms with E-state index in [0.717, 1.165) is 33.8 Å². The Kier molecular flexibility index (Phi) is 6.90. The molecule has 3 aromatic heterocycles. The molecule has 0 amide bonds. The predicted molar refractivity (Wildman–Crippen MR) is 129 cm³/mol. The minimum atomic E-state index is -5.08. The van der Waals surface area contributed by atoms with Gasteiger partial charge in [0, 0.05) is 47.8 Å². The maximum absolute atomic E-state index is 14.0. The molecule has 13 heteroatoms. The molecule has 0 saturated heterocycles. The monoisotopic (exact) mass is 518 g/mol. The highest BCUT2D eigenvalue weighted by Crippen LogP contribution is 2.32. The second kappa shape index (κ2) is 9.93. The molecule has 9 nitrogen and oxygen atoms in total. The van der Waals surface area contributed by atoms with Gasteiger partial charge >= 0.3 is 17.8 Å². The number of carbonyl (C=O) groups is 1. The van der Waals surface area contributed by atoms with Crippen LogP contribution in [0.1, 0.15) is 6.42 Å². The summed E-state index contributed by atoms with van der Waals surface area (Å²) in [5, 5.41) is 15.8. The van der Waals surface area contributed by atoms with Gasteiger partial charge in [-0.2, -0.15) is 18.3 Å². The van der Waals surface area contributed by atoms with Crippen molar-refractivity contribution in [2.75, 3.05) is 6.54 Å². The third kappa shape index (κ3) is 4.98. The van der Waals surface area contributed by atoms with Gasteiger partial charge in [-0.1, -0.05) is 18.2 Å². The van der Waals surface area contributed by atoms with E-state index in [0.29, 0.717) is 24.6 Å². The van der Waals surface area contributed by atoms with Crippen molar-refractivity contribution in [2.24, 2.45) is 12.8 Å². The van der Waals surface area contributed by atoms with Crippen LogP contribution in [0.2, 0.25) is 0 Å². The van der Waals surface area contributed by atoms with Gasteiger partial charge in [-0.3, -0.25) is 0 Å². The lowest BCUT2D eigenvalue weighted by Gasteiger charge is -2.04. The van der Waals surface area contributed by atoms with E-state index in [1.54, 1.807) is 10.6 Å². The van der Waals surface area contributed by atoms with Crippen molar-refractivity contribution in [3.05, 3.63) is 71.2 Å². The van der Waals surface area contributed by atoms with Crippen molar-refractivity contribution in [3.8, 4) is 17.1 Å². The molecule has 194 valence electrons. The van der Waals surface area contributed by atoms with E-state index in [1.807, 2.05) is 52.8 Å². The van der Waals surface area contributed by atoms with Gasteiger partial charge in [0.25, 0.3) is 0 Å². The minimum Gasteiger partial charge on any atom is -0.475 e. The van der Waals surface area contributed by atoms with Crippen molar-refractivity contribution in [1.82, 2.24) is 23.9 Å². The number of carboxylic acid groups (broad SMARTS) is 1. The van der Waals surface area contributed by atoms with Gasteiger partial charge in [-0.15, -0.1) is 0 Å². The Labute approximate surface area is 206 Å². The molecule has 37 heavy (non-hydrogen) atoms. The largest absolute Gasteiger partial charge is 0.490 e. The number of nitrogens with one attached hydrogen (secondary N) is 1. The summed E-state index contributed by atoms with van der Waals surface area (Å²) in [5.41, 5.74) is 8.59. The normalized spacial score (nSPS) is 11.6. The standard InChI is InChI=1S/C22H21FN6O.C2HF3O2/c1-27-12-17(15-5-2-3-6-18(15)27)21-25-26-22(30)29(21)20-13-28(10-4-9-24)19-11-14(23)7-8-16(19)20;3-2(4,5)1(6)7/h2-3,5-8,11-13H,4,9-10,24H2,1H3,(H,26,30);(H,6,7). The van der Waals surface area contributed by atoms with E-state index in [2.05, 4.69) is 10.2 Å². The topological polar surface area (TPSA) is 124 Å². The first-order valence-corrected chi connectivity index (χ1v) is 11.0. The van der Waals surface area contributed by atoms with E-state index in [9.17, 15) is 22.4 Å². The Morgan fingerprint density at radius 1 is 1.11 bits per heavy atom. The summed E-state index contributed by atoms with van der Waals surface area (Å²) < 4.78 is 51.2. The Hall–Kier alpha value is -4.39. The van der Waals surface area contributed by atoms with E-state index in [1.165, 1.54) is 12.1 Å². The molecule has 0 aliphatic heterocycles. The molecule has 0 spiro atoms.